The first kappa shape index (κ1) is 15.5. The number of rotatable bonds is 4. The number of anilines is 1. The summed E-state index contributed by atoms with van der Waals surface area (Å²) in [7, 11) is 0. The number of halogens is 1. The van der Waals surface area contributed by atoms with E-state index in [1.807, 2.05) is 29.2 Å². The van der Waals surface area contributed by atoms with E-state index in [2.05, 4.69) is 0 Å². The van der Waals surface area contributed by atoms with Crippen LogP contribution in [0.5, 0.6) is 0 Å². The SMILES string of the molecule is Cc1cc(F)ccc1C(O)CN1c2ccccc2C[C@H]1C(N)=O. The molecule has 1 aliphatic rings. The predicted molar refractivity (Wildman–Crippen MR) is 86.6 cm³/mol. The number of carbonyl (C=O) groups is 1. The number of nitrogens with two attached hydrogens (primary N) is 1. The number of hydrogen-bond donors (Lipinski definition) is 2. The molecule has 0 aromatic heterocycles. The lowest BCUT2D eigenvalue weighted by atomic mass is 10.0. The van der Waals surface area contributed by atoms with Gasteiger partial charge in [0.15, 0.2) is 0 Å². The molecule has 1 amide bonds. The van der Waals surface area contributed by atoms with Gasteiger partial charge in [-0.1, -0.05) is 24.3 Å². The number of hydrogen-bond acceptors (Lipinski definition) is 3. The summed E-state index contributed by atoms with van der Waals surface area (Å²) in [6.07, 6.45) is -0.288. The number of carbonyl (C=O) groups excluding carboxylic acids is 1. The highest BCUT2D eigenvalue weighted by atomic mass is 19.1. The number of nitrogens with zero attached hydrogens (tertiary/aromatic N) is 1. The number of para-hydroxylation sites is 1. The van der Waals surface area contributed by atoms with Crippen LogP contribution in [0.1, 0.15) is 22.8 Å². The van der Waals surface area contributed by atoms with Crippen LogP contribution in [0.15, 0.2) is 42.5 Å². The molecule has 0 spiro atoms. The maximum absolute atomic E-state index is 13.2. The van der Waals surface area contributed by atoms with Gasteiger partial charge in [-0.05, 0) is 41.8 Å². The van der Waals surface area contributed by atoms with Gasteiger partial charge < -0.3 is 15.7 Å². The molecule has 0 saturated carbocycles. The Labute approximate surface area is 134 Å². The van der Waals surface area contributed by atoms with E-state index >= 15 is 0 Å². The zero-order chi connectivity index (χ0) is 16.6. The molecule has 2 atom stereocenters. The van der Waals surface area contributed by atoms with E-state index in [4.69, 9.17) is 5.73 Å². The van der Waals surface area contributed by atoms with E-state index in [-0.39, 0.29) is 12.4 Å². The normalized spacial score (nSPS) is 17.9. The fourth-order valence-electron chi connectivity index (χ4n) is 3.23. The molecule has 1 unspecified atom stereocenters. The molecule has 1 heterocycles. The van der Waals surface area contributed by atoms with Crippen molar-refractivity contribution in [1.82, 2.24) is 0 Å². The van der Waals surface area contributed by atoms with Gasteiger partial charge in [-0.3, -0.25) is 4.79 Å². The van der Waals surface area contributed by atoms with Crippen LogP contribution in [0.25, 0.3) is 0 Å². The average molecular weight is 314 g/mol. The van der Waals surface area contributed by atoms with Crippen molar-refractivity contribution in [2.45, 2.75) is 25.5 Å². The molecular weight excluding hydrogens is 295 g/mol. The maximum Gasteiger partial charge on any atom is 0.240 e. The molecule has 0 radical (unpaired) electrons. The fourth-order valence-corrected chi connectivity index (χ4v) is 3.23. The van der Waals surface area contributed by atoms with Crippen LogP contribution in [0.4, 0.5) is 10.1 Å². The lowest BCUT2D eigenvalue weighted by Gasteiger charge is -2.28. The van der Waals surface area contributed by atoms with E-state index in [9.17, 15) is 14.3 Å². The highest BCUT2D eigenvalue weighted by Crippen LogP contribution is 2.33. The summed E-state index contributed by atoms with van der Waals surface area (Å²) in [6.45, 7) is 1.99. The Balaban J connectivity index is 1.89. The summed E-state index contributed by atoms with van der Waals surface area (Å²) in [6, 6.07) is 11.5. The molecule has 5 heteroatoms. The van der Waals surface area contributed by atoms with E-state index in [1.165, 1.54) is 12.1 Å². The summed E-state index contributed by atoms with van der Waals surface area (Å²) in [5, 5.41) is 10.6. The molecular formula is C18H19FN2O2. The molecule has 23 heavy (non-hydrogen) atoms. The van der Waals surface area contributed by atoms with Crippen molar-refractivity contribution in [2.75, 3.05) is 11.4 Å². The minimum absolute atomic E-state index is 0.233. The smallest absolute Gasteiger partial charge is 0.240 e. The monoisotopic (exact) mass is 314 g/mol. The topological polar surface area (TPSA) is 66.6 Å². The number of aryl methyl sites for hydroxylation is 1. The lowest BCUT2D eigenvalue weighted by Crippen LogP contribution is -2.44. The number of β-amino-alcohol motifs (C(OH)–C–C–N with tert-alkyl or cyclic N) is 1. The van der Waals surface area contributed by atoms with Crippen LogP contribution in [-0.4, -0.2) is 23.6 Å². The Kier molecular flexibility index (Phi) is 4.05. The number of fused-ring (bicyclic) bond motifs is 1. The molecule has 2 aromatic rings. The molecule has 4 nitrogen and oxygen atoms in total. The number of amides is 1. The van der Waals surface area contributed by atoms with Crippen molar-refractivity contribution in [1.29, 1.82) is 0 Å². The van der Waals surface area contributed by atoms with Crippen molar-refractivity contribution in [3.8, 4) is 0 Å². The Morgan fingerprint density at radius 3 is 2.83 bits per heavy atom. The van der Waals surface area contributed by atoms with E-state index in [1.54, 1.807) is 13.0 Å². The number of primary amides is 1. The molecule has 2 aromatic carbocycles. The van der Waals surface area contributed by atoms with Crippen molar-refractivity contribution in [3.05, 3.63) is 65.0 Å². The highest BCUT2D eigenvalue weighted by molar-refractivity contribution is 5.86. The van der Waals surface area contributed by atoms with Gasteiger partial charge in [-0.25, -0.2) is 4.39 Å². The van der Waals surface area contributed by atoms with Gasteiger partial charge in [0.25, 0.3) is 0 Å². The van der Waals surface area contributed by atoms with Crippen LogP contribution in [0.2, 0.25) is 0 Å². The molecule has 120 valence electrons. The third kappa shape index (κ3) is 2.92. The minimum Gasteiger partial charge on any atom is -0.387 e. The van der Waals surface area contributed by atoms with E-state index in [0.717, 1.165) is 11.3 Å². The van der Waals surface area contributed by atoms with E-state index < -0.39 is 18.1 Å². The van der Waals surface area contributed by atoms with Crippen molar-refractivity contribution in [2.24, 2.45) is 5.73 Å². The van der Waals surface area contributed by atoms with Gasteiger partial charge in [0.1, 0.15) is 11.9 Å². The largest absolute Gasteiger partial charge is 0.387 e. The number of aliphatic hydroxyl groups is 1. The number of aliphatic hydroxyl groups excluding tert-OH is 1. The average Bonchev–Trinajstić information content (AvgIpc) is 2.86. The first-order valence-electron chi connectivity index (χ1n) is 7.55. The molecule has 0 bridgehead atoms. The Bertz CT molecular complexity index is 748. The van der Waals surface area contributed by atoms with E-state index in [0.29, 0.717) is 17.5 Å². The van der Waals surface area contributed by atoms with Crippen molar-refractivity contribution >= 4 is 11.6 Å². The number of benzene rings is 2. The summed E-state index contributed by atoms with van der Waals surface area (Å²) in [5.41, 5.74) is 8.81. The maximum atomic E-state index is 13.2. The second-order valence-electron chi connectivity index (χ2n) is 5.92. The van der Waals surface area contributed by atoms with Gasteiger partial charge in [-0.15, -0.1) is 0 Å². The molecule has 3 N–H and O–H groups in total. The predicted octanol–water partition coefficient (Wildman–Crippen LogP) is 2.08. The minimum atomic E-state index is -0.830. The molecule has 1 aliphatic heterocycles. The Morgan fingerprint density at radius 1 is 1.39 bits per heavy atom. The first-order valence-corrected chi connectivity index (χ1v) is 7.55. The van der Waals surface area contributed by atoms with Crippen LogP contribution in [-0.2, 0) is 11.2 Å². The summed E-state index contributed by atoms with van der Waals surface area (Å²) in [5.74, 6) is -0.746. The second kappa shape index (κ2) is 6.01. The van der Waals surface area contributed by atoms with Crippen LogP contribution < -0.4 is 10.6 Å². The quantitative estimate of drug-likeness (QED) is 0.908. The Morgan fingerprint density at radius 2 is 2.13 bits per heavy atom. The zero-order valence-corrected chi connectivity index (χ0v) is 12.9. The summed E-state index contributed by atoms with van der Waals surface area (Å²) < 4.78 is 13.2. The standard InChI is InChI=1S/C18H19FN2O2/c1-11-8-13(19)6-7-14(11)17(22)10-21-15-5-3-2-4-12(15)9-16(21)18(20)23/h2-8,16-17,22H,9-10H2,1H3,(H2,20,23)/t16-,17?/m0/s1. The van der Waals surface area contributed by atoms with Gasteiger partial charge >= 0.3 is 0 Å². The fraction of sp³-hybridized carbons (Fsp3) is 0.278. The molecule has 3 rings (SSSR count). The molecule has 0 saturated heterocycles. The summed E-state index contributed by atoms with van der Waals surface area (Å²) >= 11 is 0. The van der Waals surface area contributed by atoms with Gasteiger partial charge in [0.2, 0.25) is 5.91 Å². The van der Waals surface area contributed by atoms with Gasteiger partial charge in [0.05, 0.1) is 6.10 Å². The third-order valence-corrected chi connectivity index (χ3v) is 4.38. The van der Waals surface area contributed by atoms with Crippen LogP contribution in [0, 0.1) is 12.7 Å². The second-order valence-corrected chi connectivity index (χ2v) is 5.92. The first-order chi connectivity index (χ1) is 11.0. The molecule has 0 aliphatic carbocycles. The van der Waals surface area contributed by atoms with Crippen molar-refractivity contribution < 1.29 is 14.3 Å². The van der Waals surface area contributed by atoms with Crippen molar-refractivity contribution in [3.63, 3.8) is 0 Å². The zero-order valence-electron chi connectivity index (χ0n) is 12.9. The van der Waals surface area contributed by atoms with Crippen LogP contribution in [0.3, 0.4) is 0 Å². The van der Waals surface area contributed by atoms with Gasteiger partial charge in [0, 0.05) is 18.7 Å². The Hall–Kier alpha value is -2.40. The van der Waals surface area contributed by atoms with Crippen LogP contribution >= 0.6 is 0 Å². The molecule has 0 fully saturated rings. The summed E-state index contributed by atoms with van der Waals surface area (Å²) in [4.78, 5) is 13.6. The highest BCUT2D eigenvalue weighted by Gasteiger charge is 2.34. The van der Waals surface area contributed by atoms with Gasteiger partial charge in [-0.2, -0.15) is 0 Å². The third-order valence-electron chi connectivity index (χ3n) is 4.38. The lowest BCUT2D eigenvalue weighted by molar-refractivity contribution is -0.119.